The first-order valence-electron chi connectivity index (χ1n) is 3.95. The lowest BCUT2D eigenvalue weighted by atomic mass is 9.88. The van der Waals surface area contributed by atoms with E-state index >= 15 is 0 Å². The molecule has 0 aliphatic carbocycles. The first-order valence-corrected chi connectivity index (χ1v) is 3.95. The van der Waals surface area contributed by atoms with Crippen molar-refractivity contribution < 1.29 is 26.3 Å². The predicted octanol–water partition coefficient (Wildman–Crippen LogP) is 4.04. The molecular formula is C9H10F6. The number of halogens is 6. The molecule has 0 nitrogen and oxygen atoms in total. The highest BCUT2D eigenvalue weighted by Crippen LogP contribution is 2.49. The Bertz CT molecular complexity index is 253. The van der Waals surface area contributed by atoms with E-state index in [9.17, 15) is 26.3 Å². The van der Waals surface area contributed by atoms with Gasteiger partial charge in [-0.2, -0.15) is 13.2 Å². The van der Waals surface area contributed by atoms with Gasteiger partial charge in [0.1, 0.15) is 0 Å². The zero-order valence-corrected chi connectivity index (χ0v) is 8.13. The summed E-state index contributed by atoms with van der Waals surface area (Å²) in [5.74, 6) is -4.57. The summed E-state index contributed by atoms with van der Waals surface area (Å²) in [5.41, 5.74) is -5.89. The van der Waals surface area contributed by atoms with Crippen molar-refractivity contribution in [3.05, 3.63) is 24.3 Å². The van der Waals surface area contributed by atoms with Crippen LogP contribution in [0.4, 0.5) is 26.3 Å². The van der Waals surface area contributed by atoms with Gasteiger partial charge in [-0.1, -0.05) is 18.7 Å². The SMILES string of the molecule is C=C/C(=C\C)C(F)(C(C)(F)F)C(F)(F)F. The molecule has 88 valence electrons. The summed E-state index contributed by atoms with van der Waals surface area (Å²) < 4.78 is 75.7. The van der Waals surface area contributed by atoms with Gasteiger partial charge in [0.15, 0.2) is 0 Å². The minimum atomic E-state index is -5.69. The molecule has 0 bridgehead atoms. The van der Waals surface area contributed by atoms with Gasteiger partial charge in [0, 0.05) is 6.92 Å². The van der Waals surface area contributed by atoms with Crippen LogP contribution in [0.3, 0.4) is 0 Å². The Balaban J connectivity index is 5.74. The van der Waals surface area contributed by atoms with E-state index in [2.05, 4.69) is 6.58 Å². The normalized spacial score (nSPS) is 18.5. The van der Waals surface area contributed by atoms with Crippen molar-refractivity contribution >= 4 is 0 Å². The van der Waals surface area contributed by atoms with Crippen LogP contribution in [-0.4, -0.2) is 17.8 Å². The Morgan fingerprint density at radius 2 is 1.47 bits per heavy atom. The van der Waals surface area contributed by atoms with Crippen LogP contribution in [0.2, 0.25) is 0 Å². The van der Waals surface area contributed by atoms with E-state index in [-0.39, 0.29) is 6.92 Å². The molecule has 0 spiro atoms. The quantitative estimate of drug-likeness (QED) is 0.508. The summed E-state index contributed by atoms with van der Waals surface area (Å²) in [7, 11) is 0. The standard InChI is InChI=1S/C9H10F6/c1-4-6(5-2)8(12,7(3,10)11)9(13,14)15/h4-5H,1H2,2-3H3/b6-5+. The molecule has 15 heavy (non-hydrogen) atoms. The third kappa shape index (κ3) is 2.18. The third-order valence-corrected chi connectivity index (χ3v) is 1.92. The molecule has 0 saturated carbocycles. The average Bonchev–Trinajstić information content (AvgIpc) is 2.02. The van der Waals surface area contributed by atoms with Crippen molar-refractivity contribution in [1.82, 2.24) is 0 Å². The summed E-state index contributed by atoms with van der Waals surface area (Å²) in [5, 5.41) is 0. The summed E-state index contributed by atoms with van der Waals surface area (Å²) in [4.78, 5) is 0. The van der Waals surface area contributed by atoms with E-state index in [1.807, 2.05) is 0 Å². The van der Waals surface area contributed by atoms with Gasteiger partial charge in [-0.3, -0.25) is 0 Å². The molecule has 0 rings (SSSR count). The molecule has 6 heteroatoms. The van der Waals surface area contributed by atoms with Crippen molar-refractivity contribution in [2.45, 2.75) is 31.6 Å². The molecule has 0 saturated heterocycles. The van der Waals surface area contributed by atoms with Crippen LogP contribution in [0.15, 0.2) is 24.3 Å². The Labute approximate surface area is 83.3 Å². The molecular weight excluding hydrogens is 222 g/mol. The van der Waals surface area contributed by atoms with E-state index in [4.69, 9.17) is 0 Å². The zero-order chi connectivity index (χ0) is 12.5. The smallest absolute Gasteiger partial charge is 0.222 e. The predicted molar refractivity (Wildman–Crippen MR) is 44.5 cm³/mol. The molecule has 1 atom stereocenters. The van der Waals surface area contributed by atoms with Crippen LogP contribution < -0.4 is 0 Å². The van der Waals surface area contributed by atoms with Crippen LogP contribution in [0.5, 0.6) is 0 Å². The van der Waals surface area contributed by atoms with E-state index in [0.717, 1.165) is 6.92 Å². The first-order chi connectivity index (χ1) is 6.52. The van der Waals surface area contributed by atoms with Crippen LogP contribution in [-0.2, 0) is 0 Å². The fraction of sp³-hybridized carbons (Fsp3) is 0.556. The highest BCUT2D eigenvalue weighted by Gasteiger charge is 2.70. The highest BCUT2D eigenvalue weighted by molar-refractivity contribution is 5.32. The molecule has 0 aromatic heterocycles. The summed E-state index contributed by atoms with van der Waals surface area (Å²) in [6.07, 6.45) is -4.63. The first kappa shape index (κ1) is 14.1. The number of hydrogen-bond acceptors (Lipinski definition) is 0. The number of alkyl halides is 6. The van der Waals surface area contributed by atoms with E-state index in [1.54, 1.807) is 0 Å². The Hall–Kier alpha value is -0.940. The van der Waals surface area contributed by atoms with Crippen molar-refractivity contribution in [2.75, 3.05) is 0 Å². The summed E-state index contributed by atoms with van der Waals surface area (Å²) in [6, 6.07) is 0. The lowest BCUT2D eigenvalue weighted by molar-refractivity contribution is -0.279. The monoisotopic (exact) mass is 232 g/mol. The van der Waals surface area contributed by atoms with Gasteiger partial charge in [0.05, 0.1) is 0 Å². The molecule has 0 aliphatic heterocycles. The average molecular weight is 232 g/mol. The van der Waals surface area contributed by atoms with Crippen molar-refractivity contribution in [3.8, 4) is 0 Å². The van der Waals surface area contributed by atoms with Gasteiger partial charge in [-0.05, 0) is 12.5 Å². The second-order valence-electron chi connectivity index (χ2n) is 2.99. The maximum Gasteiger partial charge on any atom is 0.432 e. The molecule has 0 amide bonds. The van der Waals surface area contributed by atoms with Crippen molar-refractivity contribution in [2.24, 2.45) is 0 Å². The lowest BCUT2D eigenvalue weighted by Gasteiger charge is -2.33. The second-order valence-corrected chi connectivity index (χ2v) is 2.99. The lowest BCUT2D eigenvalue weighted by Crippen LogP contribution is -2.54. The Morgan fingerprint density at radius 1 is 1.07 bits per heavy atom. The fourth-order valence-electron chi connectivity index (χ4n) is 1.12. The molecule has 0 aromatic carbocycles. The maximum atomic E-state index is 13.5. The number of rotatable bonds is 3. The minimum Gasteiger partial charge on any atom is -0.222 e. The van der Waals surface area contributed by atoms with Crippen LogP contribution >= 0.6 is 0 Å². The molecule has 1 unspecified atom stereocenters. The van der Waals surface area contributed by atoms with Gasteiger partial charge in [-0.25, -0.2) is 13.2 Å². The molecule has 0 fully saturated rings. The number of allylic oxidation sites excluding steroid dienone is 3. The molecule has 0 radical (unpaired) electrons. The van der Waals surface area contributed by atoms with Crippen molar-refractivity contribution in [1.29, 1.82) is 0 Å². The van der Waals surface area contributed by atoms with Crippen LogP contribution in [0, 0.1) is 0 Å². The maximum absolute atomic E-state index is 13.5. The topological polar surface area (TPSA) is 0 Å². The largest absolute Gasteiger partial charge is 0.432 e. The van der Waals surface area contributed by atoms with Gasteiger partial charge in [0.25, 0.3) is 11.6 Å². The highest BCUT2D eigenvalue weighted by atomic mass is 19.4. The van der Waals surface area contributed by atoms with Gasteiger partial charge < -0.3 is 0 Å². The van der Waals surface area contributed by atoms with E-state index < -0.39 is 23.3 Å². The Kier molecular flexibility index (Phi) is 3.66. The van der Waals surface area contributed by atoms with Gasteiger partial charge in [-0.15, -0.1) is 0 Å². The minimum absolute atomic E-state index is 0.118. The van der Waals surface area contributed by atoms with Gasteiger partial charge >= 0.3 is 6.18 Å². The van der Waals surface area contributed by atoms with Crippen LogP contribution in [0.25, 0.3) is 0 Å². The van der Waals surface area contributed by atoms with Crippen molar-refractivity contribution in [3.63, 3.8) is 0 Å². The zero-order valence-electron chi connectivity index (χ0n) is 8.13. The van der Waals surface area contributed by atoms with Gasteiger partial charge in [0.2, 0.25) is 0 Å². The van der Waals surface area contributed by atoms with Crippen LogP contribution in [0.1, 0.15) is 13.8 Å². The molecule has 0 aromatic rings. The van der Waals surface area contributed by atoms with E-state index in [0.29, 0.717) is 12.2 Å². The fourth-order valence-corrected chi connectivity index (χ4v) is 1.12. The molecule has 0 heterocycles. The summed E-state index contributed by atoms with van der Waals surface area (Å²) in [6.45, 7) is 3.80. The summed E-state index contributed by atoms with van der Waals surface area (Å²) >= 11 is 0. The molecule has 0 aliphatic rings. The van der Waals surface area contributed by atoms with E-state index in [1.165, 1.54) is 0 Å². The molecule has 0 N–H and O–H groups in total. The second kappa shape index (κ2) is 3.90. The third-order valence-electron chi connectivity index (χ3n) is 1.92. The Morgan fingerprint density at radius 3 is 1.53 bits per heavy atom. The number of hydrogen-bond donors (Lipinski definition) is 0.